The minimum absolute atomic E-state index is 0. The second-order valence-electron chi connectivity index (χ2n) is 9.52. The van der Waals surface area contributed by atoms with E-state index in [1.165, 1.54) is 0 Å². The maximum atomic E-state index is 7.01. The molecule has 20 heteroatoms. The van der Waals surface area contributed by atoms with Crippen molar-refractivity contribution in [2.45, 2.75) is 215 Å². The van der Waals surface area contributed by atoms with Crippen LogP contribution >= 0.6 is 0 Å². The number of rotatable bonds is 8. The molecule has 0 spiro atoms. The Labute approximate surface area is 333 Å². The first kappa shape index (κ1) is 80.7. The Morgan fingerprint density at radius 3 is 0.275 bits per heavy atom. The summed E-state index contributed by atoms with van der Waals surface area (Å²) >= 11 is 0. The van der Waals surface area contributed by atoms with Gasteiger partial charge in [0.2, 0.25) is 0 Å². The van der Waals surface area contributed by atoms with Gasteiger partial charge < -0.3 is 49.4 Å². The predicted octanol–water partition coefficient (Wildman–Crippen LogP) is 13.5. The summed E-state index contributed by atoms with van der Waals surface area (Å²) < 4.78 is 84.1. The Morgan fingerprint density at radius 2 is 0.235 bits per heavy atom. The highest BCUT2D eigenvalue weighted by Crippen LogP contribution is 2.52. The molecule has 6 fully saturated rings. The fourth-order valence-corrected chi connectivity index (χ4v) is 54.7. The molecule has 8 bridgehead atoms. The summed E-state index contributed by atoms with van der Waals surface area (Å²) in [5.74, 6) is 0. The van der Waals surface area contributed by atoms with E-state index in [0.29, 0.717) is 48.4 Å². The van der Waals surface area contributed by atoms with Crippen LogP contribution in [0.5, 0.6) is 0 Å². The molecule has 0 unspecified atom stereocenters. The van der Waals surface area contributed by atoms with Crippen molar-refractivity contribution in [3.8, 4) is 0 Å². The van der Waals surface area contributed by atoms with Gasteiger partial charge in [0.1, 0.15) is 0 Å². The molecule has 328 valence electrons. The Hall–Kier alpha value is 1.26. The fraction of sp³-hybridized carbons (Fsp3) is 1.00. The molecule has 6 heterocycles. The van der Waals surface area contributed by atoms with Gasteiger partial charge in [-0.05, 0) is 0 Å². The molecule has 0 atom stereocenters. The Balaban J connectivity index is -0.000000119. The van der Waals surface area contributed by atoms with Gasteiger partial charge in [0.15, 0.2) is 0 Å². The highest BCUT2D eigenvalue weighted by molar-refractivity contribution is 7.03. The molecule has 0 aromatic carbocycles. The largest absolute Gasteiger partial charge is 0.478 e. The minimum atomic E-state index is -3.53. The van der Waals surface area contributed by atoms with Crippen molar-refractivity contribution in [3.05, 3.63) is 0 Å². The van der Waals surface area contributed by atoms with Gasteiger partial charge in [0.25, 0.3) is 0 Å². The maximum Gasteiger partial charge on any atom is 0.478 e. The summed E-state index contributed by atoms with van der Waals surface area (Å²) in [6.45, 7) is 15.9. The fourth-order valence-electron chi connectivity index (χ4n) is 5.08. The zero-order chi connectivity index (χ0) is 26.1. The van der Waals surface area contributed by atoms with Gasteiger partial charge in [-0.15, -0.1) is 0 Å². The standard InChI is InChI=1S/C16H40O12Si8.15CH4/c1-9-29-17-30(10-2)20-33(13-5)22-31(11-3,18-29)24-35(15-7)25-32(12-4,19-29)23-34(14-6,21-30)27-36(16-8,26-33)28-35;;;;;;;;;;;;;;;/h9-16H2,1-8H3;15*1H4. The van der Waals surface area contributed by atoms with Gasteiger partial charge in [0.05, 0.1) is 0 Å². The molecule has 6 saturated heterocycles. The molecular weight excluding hydrogens is 789 g/mol. The van der Waals surface area contributed by atoms with E-state index in [0.717, 1.165) is 0 Å². The van der Waals surface area contributed by atoms with E-state index in [9.17, 15) is 0 Å². The van der Waals surface area contributed by atoms with Crippen LogP contribution in [-0.2, 0) is 49.4 Å². The quantitative estimate of drug-likeness (QED) is 0.216. The first-order chi connectivity index (χ1) is 17.0. The van der Waals surface area contributed by atoms with Gasteiger partial charge >= 0.3 is 70.4 Å². The van der Waals surface area contributed by atoms with E-state index in [1.807, 2.05) is 55.4 Å². The molecule has 6 rings (SSSR count). The van der Waals surface area contributed by atoms with E-state index >= 15 is 0 Å². The molecule has 12 nitrogen and oxygen atoms in total. The van der Waals surface area contributed by atoms with Crippen molar-refractivity contribution in [1.29, 1.82) is 0 Å². The van der Waals surface area contributed by atoms with Crippen LogP contribution in [0, 0.1) is 0 Å². The lowest BCUT2D eigenvalue weighted by Gasteiger charge is -2.62. The zero-order valence-corrected chi connectivity index (χ0v) is 30.6. The second kappa shape index (κ2) is 27.0. The van der Waals surface area contributed by atoms with Crippen LogP contribution < -0.4 is 0 Å². The summed E-state index contributed by atoms with van der Waals surface area (Å²) in [6, 6.07) is 3.74. The molecule has 0 N–H and O–H groups in total. The molecular formula is C31H100O12Si8. The molecule has 0 amide bonds. The highest BCUT2D eigenvalue weighted by Gasteiger charge is 2.81. The molecule has 0 aromatic heterocycles. The first-order valence-electron chi connectivity index (χ1n) is 13.4. The van der Waals surface area contributed by atoms with Crippen molar-refractivity contribution in [1.82, 2.24) is 0 Å². The second-order valence-corrected chi connectivity index (χ2v) is 35.9. The van der Waals surface area contributed by atoms with Crippen LogP contribution in [0.2, 0.25) is 48.4 Å². The van der Waals surface area contributed by atoms with Gasteiger partial charge in [0, 0.05) is 48.4 Å². The SMILES string of the molecule is C.C.C.C.C.C.C.C.C.C.C.C.C.C.C.CC[Si]12O[Si]3(CC)O[Si]4(CC)O[Si](CC)(O1)O[Si]1(CC)O[Si](CC)(O2)O[Si](CC)(O3)O[Si](CC)(O4)O1. The number of hydrogen-bond donors (Lipinski definition) is 0. The third-order valence-electron chi connectivity index (χ3n) is 7.20. The van der Waals surface area contributed by atoms with Crippen molar-refractivity contribution >= 4 is 70.4 Å². The monoisotopic (exact) mass is 889 g/mol. The van der Waals surface area contributed by atoms with Crippen LogP contribution in [0.15, 0.2) is 0 Å². The third kappa shape index (κ3) is 13.1. The van der Waals surface area contributed by atoms with Crippen LogP contribution in [0.25, 0.3) is 0 Å². The molecule has 51 heavy (non-hydrogen) atoms. The first-order valence-corrected chi connectivity index (χ1v) is 28.8. The average Bonchev–Trinajstić information content (AvgIpc) is 2.82. The molecule has 6 aliphatic rings. The van der Waals surface area contributed by atoms with Crippen molar-refractivity contribution in [3.63, 3.8) is 0 Å². The molecule has 0 saturated carbocycles. The van der Waals surface area contributed by atoms with E-state index in [1.54, 1.807) is 0 Å². The summed E-state index contributed by atoms with van der Waals surface area (Å²) in [5.41, 5.74) is 0. The Morgan fingerprint density at radius 1 is 0.176 bits per heavy atom. The van der Waals surface area contributed by atoms with Gasteiger partial charge in [-0.3, -0.25) is 0 Å². The van der Waals surface area contributed by atoms with Crippen molar-refractivity contribution in [2.75, 3.05) is 0 Å². The smallest absolute Gasteiger partial charge is 0.373 e. The van der Waals surface area contributed by atoms with E-state index in [4.69, 9.17) is 49.4 Å². The van der Waals surface area contributed by atoms with Crippen LogP contribution in [0.4, 0.5) is 0 Å². The van der Waals surface area contributed by atoms with Crippen LogP contribution in [-0.4, -0.2) is 70.4 Å². The topological polar surface area (TPSA) is 111 Å². The highest BCUT2D eigenvalue weighted by atomic mass is 28.6. The summed E-state index contributed by atoms with van der Waals surface area (Å²) in [7, 11) is -28.2. The lowest BCUT2D eigenvalue weighted by atomic mass is 11.0. The zero-order valence-electron chi connectivity index (χ0n) is 22.6. The van der Waals surface area contributed by atoms with E-state index in [2.05, 4.69) is 0 Å². The lowest BCUT2D eigenvalue weighted by Crippen LogP contribution is -2.88. The summed E-state index contributed by atoms with van der Waals surface area (Å²) in [5, 5.41) is 0. The molecule has 0 aromatic rings. The Bertz CT molecular complexity index is 609. The number of hydrogen-bond acceptors (Lipinski definition) is 12. The van der Waals surface area contributed by atoms with Crippen molar-refractivity contribution in [2.24, 2.45) is 0 Å². The van der Waals surface area contributed by atoms with Crippen LogP contribution in [0.3, 0.4) is 0 Å². The van der Waals surface area contributed by atoms with Gasteiger partial charge in [-0.1, -0.05) is 167 Å². The lowest BCUT2D eigenvalue weighted by molar-refractivity contribution is -0.0285. The van der Waals surface area contributed by atoms with Gasteiger partial charge in [-0.25, -0.2) is 0 Å². The molecule has 0 radical (unpaired) electrons. The maximum absolute atomic E-state index is 7.01. The predicted molar refractivity (Wildman–Crippen MR) is 244 cm³/mol. The average molecular weight is 890 g/mol. The van der Waals surface area contributed by atoms with E-state index < -0.39 is 70.4 Å². The third-order valence-corrected chi connectivity index (χ3v) is 44.0. The minimum Gasteiger partial charge on any atom is -0.373 e. The summed E-state index contributed by atoms with van der Waals surface area (Å²) in [4.78, 5) is 0. The normalized spacial score (nSPS) is 38.1. The molecule has 0 aliphatic carbocycles. The van der Waals surface area contributed by atoms with Crippen molar-refractivity contribution < 1.29 is 49.4 Å². The Kier molecular flexibility index (Phi) is 42.7. The molecule has 6 aliphatic heterocycles. The summed E-state index contributed by atoms with van der Waals surface area (Å²) in [6.07, 6.45) is 0. The van der Waals surface area contributed by atoms with Crippen LogP contribution in [0.1, 0.15) is 167 Å². The van der Waals surface area contributed by atoms with Gasteiger partial charge in [-0.2, -0.15) is 0 Å². The van der Waals surface area contributed by atoms with E-state index in [-0.39, 0.29) is 111 Å².